The van der Waals surface area contributed by atoms with E-state index in [1.807, 2.05) is 79.0 Å². The van der Waals surface area contributed by atoms with Gasteiger partial charge in [-0.2, -0.15) is 0 Å². The van der Waals surface area contributed by atoms with Crippen molar-refractivity contribution in [2.24, 2.45) is 0 Å². The van der Waals surface area contributed by atoms with Gasteiger partial charge >= 0.3 is 0 Å². The predicted octanol–water partition coefficient (Wildman–Crippen LogP) is 10.3. The summed E-state index contributed by atoms with van der Waals surface area (Å²) in [6.45, 7) is 13.4. The fourth-order valence-electron chi connectivity index (χ4n) is 5.87. The second kappa shape index (κ2) is 12.3. The smallest absolute Gasteiger partial charge is 0.171 e. The molecule has 5 aromatic carbocycles. The van der Waals surface area contributed by atoms with Crippen LogP contribution in [0.15, 0.2) is 146 Å². The molecule has 0 unspecified atom stereocenters. The zero-order chi connectivity index (χ0) is 32.5. The minimum absolute atomic E-state index is 0.0357. The lowest BCUT2D eigenvalue weighted by molar-refractivity contribution is 0.587. The van der Waals surface area contributed by atoms with Gasteiger partial charge in [-0.15, -0.1) is 0 Å². The normalized spacial score (nSPS) is 12.2. The van der Waals surface area contributed by atoms with E-state index in [1.165, 1.54) is 11.1 Å². The highest BCUT2D eigenvalue weighted by molar-refractivity contribution is 7.85. The molecule has 0 aliphatic heterocycles. The molecule has 2 nitrogen and oxygen atoms in total. The molecule has 0 bridgehead atoms. The molecule has 0 aliphatic rings. The minimum Gasteiger partial charge on any atom is -0.309 e. The highest BCUT2D eigenvalue weighted by Crippen LogP contribution is 2.43. The molecule has 0 amide bonds. The van der Waals surface area contributed by atoms with Crippen LogP contribution in [-0.4, -0.2) is 4.98 Å². The first-order valence-electron chi connectivity index (χ1n) is 16.0. The Kier molecular flexibility index (Phi) is 8.45. The molecule has 0 atom stereocenters. The molecule has 1 heterocycles. The van der Waals surface area contributed by atoms with E-state index in [9.17, 15) is 4.57 Å². The van der Waals surface area contributed by atoms with Crippen molar-refractivity contribution in [1.82, 2.24) is 4.98 Å². The van der Waals surface area contributed by atoms with Crippen molar-refractivity contribution >= 4 is 23.1 Å². The summed E-state index contributed by atoms with van der Waals surface area (Å²) in [7, 11) is -3.05. The third-order valence-electron chi connectivity index (χ3n) is 8.75. The van der Waals surface area contributed by atoms with E-state index in [1.54, 1.807) is 0 Å². The summed E-state index contributed by atoms with van der Waals surface area (Å²) < 4.78 is 14.9. The monoisotopic (exact) mass is 619 g/mol. The van der Waals surface area contributed by atoms with E-state index in [0.717, 1.165) is 49.4 Å². The third-order valence-corrected chi connectivity index (χ3v) is 11.8. The fraction of sp³-hybridized carbons (Fsp3) is 0.186. The SMILES string of the molecule is CC(C)(C)c1ccc(-c2cc(-c3ccc(P(=O)(c4ccccc4)c4ccccc4)cc3)cc(-c3ccc(C(C)(C)C)cn3)c2)cc1. The maximum atomic E-state index is 14.9. The van der Waals surface area contributed by atoms with Crippen LogP contribution in [-0.2, 0) is 15.4 Å². The van der Waals surface area contributed by atoms with Gasteiger partial charge in [0.1, 0.15) is 0 Å². The molecule has 46 heavy (non-hydrogen) atoms. The standard InChI is InChI=1S/C43H42NOP/c1-42(2,3)36-21-17-31(18-22-36)33-27-34(29-35(28-33)41-26-23-37(30-44-41)43(4,5)6)32-19-24-40(25-20-32)46(45,38-13-9-7-10-14-38)39-15-11-8-12-16-39/h7-30H,1-6H3. The summed E-state index contributed by atoms with van der Waals surface area (Å²) in [5.74, 6) is 0. The van der Waals surface area contributed by atoms with E-state index in [0.29, 0.717) is 0 Å². The quantitative estimate of drug-likeness (QED) is 0.174. The maximum Gasteiger partial charge on any atom is 0.171 e. The Hall–Kier alpha value is -4.52. The number of rotatable bonds is 6. The Labute approximate surface area is 274 Å². The van der Waals surface area contributed by atoms with Gasteiger partial charge in [-0.3, -0.25) is 4.98 Å². The van der Waals surface area contributed by atoms with Crippen molar-refractivity contribution in [3.8, 4) is 33.5 Å². The molecule has 0 aliphatic carbocycles. The van der Waals surface area contributed by atoms with Gasteiger partial charge in [0.2, 0.25) is 0 Å². The molecule has 0 N–H and O–H groups in total. The summed E-state index contributed by atoms with van der Waals surface area (Å²) in [6, 6.07) is 47.9. The molecule has 6 aromatic rings. The Morgan fingerprint density at radius 3 is 1.28 bits per heavy atom. The molecule has 0 spiro atoms. The van der Waals surface area contributed by atoms with Crippen LogP contribution in [0.5, 0.6) is 0 Å². The van der Waals surface area contributed by atoms with E-state index >= 15 is 0 Å². The lowest BCUT2D eigenvalue weighted by Crippen LogP contribution is -2.24. The fourth-order valence-corrected chi connectivity index (χ4v) is 8.51. The Morgan fingerprint density at radius 2 is 0.848 bits per heavy atom. The zero-order valence-corrected chi connectivity index (χ0v) is 28.6. The highest BCUT2D eigenvalue weighted by atomic mass is 31.2. The average molecular weight is 620 g/mol. The van der Waals surface area contributed by atoms with Crippen LogP contribution in [0.25, 0.3) is 33.5 Å². The molecular formula is C43H42NOP. The average Bonchev–Trinajstić information content (AvgIpc) is 3.08. The van der Waals surface area contributed by atoms with E-state index < -0.39 is 7.14 Å². The van der Waals surface area contributed by atoms with Crippen molar-refractivity contribution in [3.05, 3.63) is 157 Å². The van der Waals surface area contributed by atoms with Gasteiger partial charge in [0.25, 0.3) is 0 Å². The summed E-state index contributed by atoms with van der Waals surface area (Å²) in [5.41, 5.74) is 9.11. The van der Waals surface area contributed by atoms with Crippen molar-refractivity contribution in [1.29, 1.82) is 0 Å². The van der Waals surface area contributed by atoms with Gasteiger partial charge in [-0.05, 0) is 68.5 Å². The summed E-state index contributed by atoms with van der Waals surface area (Å²) in [5, 5.41) is 2.49. The second-order valence-electron chi connectivity index (χ2n) is 14.1. The van der Waals surface area contributed by atoms with Gasteiger partial charge in [-0.1, -0.05) is 157 Å². The van der Waals surface area contributed by atoms with Crippen molar-refractivity contribution in [2.45, 2.75) is 52.4 Å². The summed E-state index contributed by atoms with van der Waals surface area (Å²) >= 11 is 0. The topological polar surface area (TPSA) is 30.0 Å². The molecular weight excluding hydrogens is 577 g/mol. The Bertz CT molecular complexity index is 1860. The second-order valence-corrected chi connectivity index (χ2v) is 16.9. The largest absolute Gasteiger partial charge is 0.309 e. The van der Waals surface area contributed by atoms with Crippen LogP contribution in [0.2, 0.25) is 0 Å². The van der Waals surface area contributed by atoms with E-state index in [4.69, 9.17) is 4.98 Å². The van der Waals surface area contributed by atoms with Crippen molar-refractivity contribution < 1.29 is 4.57 Å². The number of hydrogen-bond acceptors (Lipinski definition) is 2. The number of nitrogens with zero attached hydrogens (tertiary/aromatic N) is 1. The molecule has 230 valence electrons. The van der Waals surface area contributed by atoms with Gasteiger partial charge in [0.15, 0.2) is 7.14 Å². The number of hydrogen-bond donors (Lipinski definition) is 0. The van der Waals surface area contributed by atoms with Crippen molar-refractivity contribution in [2.75, 3.05) is 0 Å². The number of pyridine rings is 1. The lowest BCUT2D eigenvalue weighted by Gasteiger charge is -2.21. The summed E-state index contributed by atoms with van der Waals surface area (Å²) in [4.78, 5) is 4.91. The molecule has 0 fully saturated rings. The molecule has 1 aromatic heterocycles. The predicted molar refractivity (Wildman–Crippen MR) is 197 cm³/mol. The molecule has 0 saturated carbocycles. The zero-order valence-electron chi connectivity index (χ0n) is 27.7. The lowest BCUT2D eigenvalue weighted by atomic mass is 9.86. The van der Waals surface area contributed by atoms with Crippen LogP contribution in [0.4, 0.5) is 0 Å². The molecule has 0 saturated heterocycles. The van der Waals surface area contributed by atoms with Crippen LogP contribution in [0.1, 0.15) is 52.7 Å². The molecule has 3 heteroatoms. The first-order chi connectivity index (χ1) is 21.9. The van der Waals surface area contributed by atoms with Crippen LogP contribution < -0.4 is 15.9 Å². The Balaban J connectivity index is 1.45. The van der Waals surface area contributed by atoms with Crippen LogP contribution >= 0.6 is 7.14 Å². The van der Waals surface area contributed by atoms with Gasteiger partial charge in [-0.25, -0.2) is 0 Å². The van der Waals surface area contributed by atoms with E-state index in [2.05, 4.69) is 108 Å². The van der Waals surface area contributed by atoms with Crippen LogP contribution in [0, 0.1) is 0 Å². The van der Waals surface area contributed by atoms with Gasteiger partial charge in [0, 0.05) is 27.7 Å². The van der Waals surface area contributed by atoms with E-state index in [-0.39, 0.29) is 10.8 Å². The highest BCUT2D eigenvalue weighted by Gasteiger charge is 2.29. The van der Waals surface area contributed by atoms with Gasteiger partial charge in [0.05, 0.1) is 5.69 Å². The third kappa shape index (κ3) is 6.41. The Morgan fingerprint density at radius 1 is 0.435 bits per heavy atom. The number of aromatic nitrogens is 1. The maximum absolute atomic E-state index is 14.9. The minimum atomic E-state index is -3.05. The number of benzene rings is 5. The van der Waals surface area contributed by atoms with Crippen molar-refractivity contribution in [3.63, 3.8) is 0 Å². The molecule has 6 rings (SSSR count). The molecule has 0 radical (unpaired) electrons. The summed E-state index contributed by atoms with van der Waals surface area (Å²) in [6.07, 6.45) is 2.00. The van der Waals surface area contributed by atoms with Gasteiger partial charge < -0.3 is 4.57 Å². The first-order valence-corrected chi connectivity index (χ1v) is 17.7. The van der Waals surface area contributed by atoms with Crippen LogP contribution in [0.3, 0.4) is 0 Å². The first kappa shape index (κ1) is 31.5.